The highest BCUT2D eigenvalue weighted by Gasteiger charge is 2.23. The molecule has 1 aliphatic rings. The molecular formula is C15H15FN2O3. The molecule has 3 rings (SSSR count). The number of benzene rings is 1. The second-order valence-corrected chi connectivity index (χ2v) is 4.93. The highest BCUT2D eigenvalue weighted by atomic mass is 19.1. The Hall–Kier alpha value is -2.21. The number of fused-ring (bicyclic) bond motifs is 1. The number of hydrogen-bond donors (Lipinski definition) is 1. The van der Waals surface area contributed by atoms with Gasteiger partial charge in [0.2, 0.25) is 5.89 Å². The molecule has 0 bridgehead atoms. The predicted molar refractivity (Wildman–Crippen MR) is 72.1 cm³/mol. The zero-order chi connectivity index (χ0) is 14.8. The van der Waals surface area contributed by atoms with E-state index in [4.69, 9.17) is 9.52 Å². The number of carbonyl (C=O) groups excluding carboxylic acids is 1. The first kappa shape index (κ1) is 13.8. The fourth-order valence-electron chi connectivity index (χ4n) is 2.46. The lowest BCUT2D eigenvalue weighted by molar-refractivity contribution is 0.0761. The van der Waals surface area contributed by atoms with E-state index in [1.54, 1.807) is 4.90 Å². The lowest BCUT2D eigenvalue weighted by Crippen LogP contribution is -2.33. The van der Waals surface area contributed by atoms with Crippen molar-refractivity contribution in [2.24, 2.45) is 0 Å². The first-order valence-electron chi connectivity index (χ1n) is 6.80. The van der Waals surface area contributed by atoms with Crippen LogP contribution in [0.2, 0.25) is 0 Å². The molecule has 1 N–H and O–H groups in total. The standard InChI is InChI=1S/C15H15FN2O3/c16-11-3-1-10(2-4-11)15(20)18-7-5-12-13(6-8-18)21-14(9-19)17-12/h1-4,19H,5-9H2. The molecule has 110 valence electrons. The molecule has 0 saturated carbocycles. The summed E-state index contributed by atoms with van der Waals surface area (Å²) in [5.74, 6) is 0.566. The third-order valence-electron chi connectivity index (χ3n) is 3.56. The molecule has 1 amide bonds. The number of halogens is 1. The summed E-state index contributed by atoms with van der Waals surface area (Å²) in [7, 11) is 0. The van der Waals surface area contributed by atoms with Gasteiger partial charge in [0.15, 0.2) is 0 Å². The van der Waals surface area contributed by atoms with E-state index in [-0.39, 0.29) is 18.3 Å². The predicted octanol–water partition coefficient (Wildman–Crippen LogP) is 1.55. The molecule has 5 nitrogen and oxygen atoms in total. The molecule has 0 aliphatic carbocycles. The smallest absolute Gasteiger partial charge is 0.253 e. The van der Waals surface area contributed by atoms with Crippen molar-refractivity contribution >= 4 is 5.91 Å². The van der Waals surface area contributed by atoms with Crippen LogP contribution in [0.4, 0.5) is 4.39 Å². The molecule has 0 atom stereocenters. The maximum Gasteiger partial charge on any atom is 0.253 e. The number of aliphatic hydroxyl groups is 1. The number of hydrogen-bond acceptors (Lipinski definition) is 4. The maximum atomic E-state index is 12.9. The summed E-state index contributed by atoms with van der Waals surface area (Å²) in [6.07, 6.45) is 1.15. The van der Waals surface area contributed by atoms with E-state index in [1.165, 1.54) is 24.3 Å². The minimum atomic E-state index is -0.359. The lowest BCUT2D eigenvalue weighted by Gasteiger charge is -2.20. The average Bonchev–Trinajstić information content (AvgIpc) is 2.80. The minimum absolute atomic E-state index is 0.123. The number of nitrogens with zero attached hydrogens (tertiary/aromatic N) is 2. The van der Waals surface area contributed by atoms with Crippen molar-refractivity contribution in [2.45, 2.75) is 19.4 Å². The monoisotopic (exact) mass is 290 g/mol. The summed E-state index contributed by atoms with van der Waals surface area (Å²) in [4.78, 5) is 18.3. The van der Waals surface area contributed by atoms with E-state index in [0.29, 0.717) is 37.4 Å². The van der Waals surface area contributed by atoms with Gasteiger partial charge in [-0.05, 0) is 24.3 Å². The lowest BCUT2D eigenvalue weighted by atomic mass is 10.2. The first-order chi connectivity index (χ1) is 10.2. The second kappa shape index (κ2) is 5.65. The molecule has 0 saturated heterocycles. The molecule has 2 heterocycles. The Morgan fingerprint density at radius 3 is 2.71 bits per heavy atom. The number of carbonyl (C=O) groups is 1. The van der Waals surface area contributed by atoms with Crippen molar-refractivity contribution in [1.29, 1.82) is 0 Å². The third kappa shape index (κ3) is 2.80. The van der Waals surface area contributed by atoms with E-state index in [0.717, 1.165) is 11.5 Å². The van der Waals surface area contributed by atoms with E-state index >= 15 is 0 Å². The summed E-state index contributed by atoms with van der Waals surface area (Å²) >= 11 is 0. The Morgan fingerprint density at radius 1 is 1.29 bits per heavy atom. The molecule has 21 heavy (non-hydrogen) atoms. The van der Waals surface area contributed by atoms with Crippen LogP contribution in [0.5, 0.6) is 0 Å². The second-order valence-electron chi connectivity index (χ2n) is 4.93. The average molecular weight is 290 g/mol. The van der Waals surface area contributed by atoms with E-state index in [2.05, 4.69) is 4.98 Å². The molecule has 0 spiro atoms. The number of aromatic nitrogens is 1. The van der Waals surface area contributed by atoms with Crippen LogP contribution in [0, 0.1) is 5.82 Å². The van der Waals surface area contributed by atoms with Gasteiger partial charge in [0.25, 0.3) is 5.91 Å². The maximum absolute atomic E-state index is 12.9. The molecular weight excluding hydrogens is 275 g/mol. The first-order valence-corrected chi connectivity index (χ1v) is 6.80. The molecule has 1 aliphatic heterocycles. The molecule has 2 aromatic rings. The van der Waals surface area contributed by atoms with Crippen LogP contribution in [0.15, 0.2) is 28.7 Å². The van der Waals surface area contributed by atoms with Crippen LogP contribution in [0.1, 0.15) is 27.7 Å². The summed E-state index contributed by atoms with van der Waals surface area (Å²) in [5.41, 5.74) is 1.27. The van der Waals surface area contributed by atoms with Gasteiger partial charge in [-0.2, -0.15) is 0 Å². The Morgan fingerprint density at radius 2 is 2.00 bits per heavy atom. The van der Waals surface area contributed by atoms with E-state index < -0.39 is 0 Å². The number of oxazole rings is 1. The van der Waals surface area contributed by atoms with Gasteiger partial charge in [-0.3, -0.25) is 4.79 Å². The highest BCUT2D eigenvalue weighted by Crippen LogP contribution is 2.18. The zero-order valence-corrected chi connectivity index (χ0v) is 11.4. The van der Waals surface area contributed by atoms with Gasteiger partial charge < -0.3 is 14.4 Å². The summed E-state index contributed by atoms with van der Waals surface area (Å²) in [5, 5.41) is 9.02. The Balaban J connectivity index is 1.73. The molecule has 6 heteroatoms. The highest BCUT2D eigenvalue weighted by molar-refractivity contribution is 5.94. The molecule has 0 radical (unpaired) electrons. The van der Waals surface area contributed by atoms with Crippen molar-refractivity contribution in [3.05, 3.63) is 53.0 Å². The number of rotatable bonds is 2. The van der Waals surface area contributed by atoms with Crippen LogP contribution < -0.4 is 0 Å². The normalized spacial score (nSPS) is 14.7. The summed E-state index contributed by atoms with van der Waals surface area (Å²) < 4.78 is 18.3. The van der Waals surface area contributed by atoms with Gasteiger partial charge in [-0.1, -0.05) is 0 Å². The van der Waals surface area contributed by atoms with Gasteiger partial charge in [0.1, 0.15) is 18.2 Å². The van der Waals surface area contributed by atoms with Crippen LogP contribution in [0.3, 0.4) is 0 Å². The molecule has 1 aromatic carbocycles. The quantitative estimate of drug-likeness (QED) is 0.911. The van der Waals surface area contributed by atoms with Crippen molar-refractivity contribution < 1.29 is 18.7 Å². The summed E-state index contributed by atoms with van der Waals surface area (Å²) in [6, 6.07) is 5.54. The van der Waals surface area contributed by atoms with Gasteiger partial charge in [-0.25, -0.2) is 9.37 Å². The van der Waals surface area contributed by atoms with Gasteiger partial charge in [0, 0.05) is 31.5 Å². The Bertz CT molecular complexity index is 626. The number of amides is 1. The van der Waals surface area contributed by atoms with Crippen LogP contribution in [0.25, 0.3) is 0 Å². The largest absolute Gasteiger partial charge is 0.443 e. The van der Waals surface area contributed by atoms with Gasteiger partial charge in [-0.15, -0.1) is 0 Å². The van der Waals surface area contributed by atoms with E-state index in [9.17, 15) is 9.18 Å². The van der Waals surface area contributed by atoms with Crippen LogP contribution in [-0.2, 0) is 19.4 Å². The number of aliphatic hydroxyl groups excluding tert-OH is 1. The minimum Gasteiger partial charge on any atom is -0.443 e. The Kier molecular flexibility index (Phi) is 3.70. The van der Waals surface area contributed by atoms with Gasteiger partial charge >= 0.3 is 0 Å². The van der Waals surface area contributed by atoms with Crippen LogP contribution in [-0.4, -0.2) is 34.0 Å². The molecule has 1 aromatic heterocycles. The van der Waals surface area contributed by atoms with Crippen molar-refractivity contribution in [2.75, 3.05) is 13.1 Å². The molecule has 0 unspecified atom stereocenters. The third-order valence-corrected chi connectivity index (χ3v) is 3.56. The SMILES string of the molecule is O=C(c1ccc(F)cc1)N1CCc2nc(CO)oc2CC1. The van der Waals surface area contributed by atoms with Crippen molar-refractivity contribution in [3.8, 4) is 0 Å². The topological polar surface area (TPSA) is 66.6 Å². The Labute approximate surface area is 121 Å². The van der Waals surface area contributed by atoms with E-state index in [1.807, 2.05) is 0 Å². The van der Waals surface area contributed by atoms with Gasteiger partial charge in [0.05, 0.1) is 5.69 Å². The van der Waals surface area contributed by atoms with Crippen molar-refractivity contribution in [1.82, 2.24) is 9.88 Å². The molecule has 0 fully saturated rings. The fourth-order valence-corrected chi connectivity index (χ4v) is 2.46. The van der Waals surface area contributed by atoms with Crippen molar-refractivity contribution in [3.63, 3.8) is 0 Å². The summed E-state index contributed by atoms with van der Waals surface area (Å²) in [6.45, 7) is 0.828. The fraction of sp³-hybridized carbons (Fsp3) is 0.333. The zero-order valence-electron chi connectivity index (χ0n) is 11.4. The van der Waals surface area contributed by atoms with Crippen LogP contribution >= 0.6 is 0 Å².